The van der Waals surface area contributed by atoms with Crippen molar-refractivity contribution in [1.82, 2.24) is 9.62 Å². The van der Waals surface area contributed by atoms with Gasteiger partial charge in [-0.15, -0.1) is 0 Å². The van der Waals surface area contributed by atoms with Gasteiger partial charge in [0.05, 0.1) is 17.7 Å². The van der Waals surface area contributed by atoms with E-state index in [1.54, 1.807) is 36.4 Å². The number of sulfonamides is 1. The van der Waals surface area contributed by atoms with Gasteiger partial charge in [-0.3, -0.25) is 4.79 Å². The van der Waals surface area contributed by atoms with Gasteiger partial charge in [-0.05, 0) is 31.2 Å². The summed E-state index contributed by atoms with van der Waals surface area (Å²) in [7, 11) is -3.57. The van der Waals surface area contributed by atoms with Gasteiger partial charge in [-0.1, -0.05) is 17.7 Å². The molecule has 1 aromatic carbocycles. The second kappa shape index (κ2) is 7.43. The van der Waals surface area contributed by atoms with Gasteiger partial charge in [0.15, 0.2) is 0 Å². The highest BCUT2D eigenvalue weighted by Gasteiger charge is 2.15. The van der Waals surface area contributed by atoms with E-state index in [0.717, 1.165) is 5.56 Å². The summed E-state index contributed by atoms with van der Waals surface area (Å²) in [5, 5.41) is 0. The monoisotopic (exact) mass is 336 g/mol. The van der Waals surface area contributed by atoms with Crippen LogP contribution in [0.4, 0.5) is 0 Å². The van der Waals surface area contributed by atoms with Crippen molar-refractivity contribution in [2.24, 2.45) is 0 Å². The average Bonchev–Trinajstić information content (AvgIpc) is 2.99. The van der Waals surface area contributed by atoms with Crippen LogP contribution < -0.4 is 4.72 Å². The summed E-state index contributed by atoms with van der Waals surface area (Å²) in [6.07, 6.45) is 1.54. The van der Waals surface area contributed by atoms with Crippen molar-refractivity contribution in [3.63, 3.8) is 0 Å². The molecule has 0 aliphatic heterocycles. The quantitative estimate of drug-likeness (QED) is 0.838. The Labute approximate surface area is 136 Å². The van der Waals surface area contributed by atoms with Crippen molar-refractivity contribution in [2.75, 3.05) is 13.1 Å². The molecule has 0 atom stereocenters. The third kappa shape index (κ3) is 4.94. The largest absolute Gasteiger partial charge is 0.467 e. The van der Waals surface area contributed by atoms with Gasteiger partial charge in [-0.25, -0.2) is 13.1 Å². The van der Waals surface area contributed by atoms with E-state index in [-0.39, 0.29) is 23.9 Å². The Morgan fingerprint density at radius 2 is 1.91 bits per heavy atom. The summed E-state index contributed by atoms with van der Waals surface area (Å²) < 4.78 is 32.1. The molecular formula is C16H20N2O4S. The number of amides is 1. The molecule has 23 heavy (non-hydrogen) atoms. The molecule has 1 amide bonds. The summed E-state index contributed by atoms with van der Waals surface area (Å²) in [6, 6.07) is 10.1. The highest BCUT2D eigenvalue weighted by atomic mass is 32.2. The van der Waals surface area contributed by atoms with Crippen molar-refractivity contribution < 1.29 is 17.6 Å². The van der Waals surface area contributed by atoms with Crippen LogP contribution in [0.3, 0.4) is 0 Å². The molecule has 0 spiro atoms. The maximum absolute atomic E-state index is 12.2. The number of rotatable bonds is 7. The lowest BCUT2D eigenvalue weighted by Gasteiger charge is -2.20. The Kier molecular flexibility index (Phi) is 5.57. The molecule has 2 aromatic rings. The maximum Gasteiger partial charge on any atom is 0.240 e. The van der Waals surface area contributed by atoms with Gasteiger partial charge in [0.25, 0.3) is 0 Å². The van der Waals surface area contributed by atoms with Crippen LogP contribution in [-0.4, -0.2) is 32.3 Å². The summed E-state index contributed by atoms with van der Waals surface area (Å²) >= 11 is 0. The lowest BCUT2D eigenvalue weighted by atomic mass is 10.2. The lowest BCUT2D eigenvalue weighted by molar-refractivity contribution is -0.129. The van der Waals surface area contributed by atoms with Crippen LogP contribution in [-0.2, 0) is 21.4 Å². The summed E-state index contributed by atoms with van der Waals surface area (Å²) in [5.74, 6) is 0.512. The van der Waals surface area contributed by atoms with E-state index in [2.05, 4.69) is 4.72 Å². The second-order valence-electron chi connectivity index (χ2n) is 5.23. The first kappa shape index (κ1) is 17.2. The smallest absolute Gasteiger partial charge is 0.240 e. The van der Waals surface area contributed by atoms with Gasteiger partial charge < -0.3 is 9.32 Å². The highest BCUT2D eigenvalue weighted by molar-refractivity contribution is 7.89. The number of aryl methyl sites for hydroxylation is 1. The number of hydrogen-bond donors (Lipinski definition) is 1. The minimum Gasteiger partial charge on any atom is -0.467 e. The predicted octanol–water partition coefficient (Wildman–Crippen LogP) is 1.92. The number of nitrogens with one attached hydrogen (secondary N) is 1. The van der Waals surface area contributed by atoms with Crippen LogP contribution >= 0.6 is 0 Å². The van der Waals surface area contributed by atoms with Crippen LogP contribution in [0.2, 0.25) is 0 Å². The molecule has 0 saturated carbocycles. The van der Waals surface area contributed by atoms with Crippen LogP contribution in [0.1, 0.15) is 18.2 Å². The van der Waals surface area contributed by atoms with Crippen LogP contribution in [0.5, 0.6) is 0 Å². The molecule has 6 nitrogen and oxygen atoms in total. The molecule has 7 heteroatoms. The van der Waals surface area contributed by atoms with Crippen LogP contribution in [0.25, 0.3) is 0 Å². The zero-order valence-electron chi connectivity index (χ0n) is 13.2. The van der Waals surface area contributed by atoms with E-state index in [1.165, 1.54) is 18.1 Å². The first-order valence-corrected chi connectivity index (χ1v) is 8.71. The van der Waals surface area contributed by atoms with E-state index >= 15 is 0 Å². The fourth-order valence-corrected chi connectivity index (χ4v) is 3.08. The normalized spacial score (nSPS) is 11.4. The molecule has 1 heterocycles. The predicted molar refractivity (Wildman–Crippen MR) is 86.2 cm³/mol. The SMILES string of the molecule is CC(=O)N(CCNS(=O)(=O)c1ccc(C)cc1)Cc1ccco1. The van der Waals surface area contributed by atoms with Crippen LogP contribution in [0.15, 0.2) is 52.0 Å². The average molecular weight is 336 g/mol. The molecule has 1 N–H and O–H groups in total. The first-order chi connectivity index (χ1) is 10.9. The molecule has 0 aliphatic carbocycles. The van der Waals surface area contributed by atoms with E-state index in [4.69, 9.17) is 4.42 Å². The molecule has 0 bridgehead atoms. The van der Waals surface area contributed by atoms with Gasteiger partial charge in [-0.2, -0.15) is 0 Å². The molecule has 1 aromatic heterocycles. The molecule has 0 unspecified atom stereocenters. The Hall–Kier alpha value is -2.12. The zero-order valence-corrected chi connectivity index (χ0v) is 14.0. The molecule has 0 radical (unpaired) electrons. The Morgan fingerprint density at radius 3 is 2.48 bits per heavy atom. The van der Waals surface area contributed by atoms with Crippen molar-refractivity contribution >= 4 is 15.9 Å². The van der Waals surface area contributed by atoms with Crippen molar-refractivity contribution in [3.05, 3.63) is 54.0 Å². The van der Waals surface area contributed by atoms with Gasteiger partial charge in [0.1, 0.15) is 5.76 Å². The van der Waals surface area contributed by atoms with Crippen molar-refractivity contribution in [3.8, 4) is 0 Å². The standard InChI is InChI=1S/C16H20N2O4S/c1-13-5-7-16(8-6-13)23(20,21)17-9-10-18(14(2)19)12-15-4-3-11-22-15/h3-8,11,17H,9-10,12H2,1-2H3. The van der Waals surface area contributed by atoms with E-state index in [9.17, 15) is 13.2 Å². The van der Waals surface area contributed by atoms with E-state index in [0.29, 0.717) is 12.3 Å². The van der Waals surface area contributed by atoms with Crippen molar-refractivity contribution in [1.29, 1.82) is 0 Å². The first-order valence-electron chi connectivity index (χ1n) is 7.23. The molecule has 2 rings (SSSR count). The number of carbonyl (C=O) groups excluding carboxylic acids is 1. The van der Waals surface area contributed by atoms with Crippen LogP contribution in [0, 0.1) is 6.92 Å². The summed E-state index contributed by atoms with van der Waals surface area (Å²) in [6.45, 7) is 4.05. The molecular weight excluding hydrogens is 316 g/mol. The Balaban J connectivity index is 1.93. The minimum atomic E-state index is -3.57. The molecule has 124 valence electrons. The third-order valence-electron chi connectivity index (χ3n) is 3.38. The van der Waals surface area contributed by atoms with E-state index < -0.39 is 10.0 Å². The van der Waals surface area contributed by atoms with E-state index in [1.807, 2.05) is 6.92 Å². The lowest BCUT2D eigenvalue weighted by Crippen LogP contribution is -2.37. The van der Waals surface area contributed by atoms with Gasteiger partial charge in [0, 0.05) is 20.0 Å². The summed E-state index contributed by atoms with van der Waals surface area (Å²) in [5.41, 5.74) is 0.991. The minimum absolute atomic E-state index is 0.135. The fraction of sp³-hybridized carbons (Fsp3) is 0.312. The molecule has 0 saturated heterocycles. The Bertz CT molecular complexity index is 737. The summed E-state index contributed by atoms with van der Waals surface area (Å²) in [4.78, 5) is 13.4. The number of nitrogens with zero attached hydrogens (tertiary/aromatic N) is 1. The maximum atomic E-state index is 12.2. The van der Waals surface area contributed by atoms with Gasteiger partial charge in [0.2, 0.25) is 15.9 Å². The number of furan rings is 1. The van der Waals surface area contributed by atoms with Gasteiger partial charge >= 0.3 is 0 Å². The number of hydrogen-bond acceptors (Lipinski definition) is 4. The topological polar surface area (TPSA) is 79.6 Å². The number of carbonyl (C=O) groups is 1. The third-order valence-corrected chi connectivity index (χ3v) is 4.85. The fourth-order valence-electron chi connectivity index (χ4n) is 2.05. The molecule has 0 aliphatic rings. The van der Waals surface area contributed by atoms with Crippen molar-refractivity contribution in [2.45, 2.75) is 25.3 Å². The second-order valence-corrected chi connectivity index (χ2v) is 7.00. The highest BCUT2D eigenvalue weighted by Crippen LogP contribution is 2.10. The zero-order chi connectivity index (χ0) is 16.9. The number of benzene rings is 1. The molecule has 0 fully saturated rings. The Morgan fingerprint density at radius 1 is 1.22 bits per heavy atom.